The highest BCUT2D eigenvalue weighted by Gasteiger charge is 2.06. The molecule has 0 aromatic heterocycles. The van der Waals surface area contributed by atoms with Crippen LogP contribution in [0, 0.1) is 18.8 Å². The molecule has 0 unspecified atom stereocenters. The van der Waals surface area contributed by atoms with E-state index in [4.69, 9.17) is 9.84 Å². The topological polar surface area (TPSA) is 58.6 Å². The maximum atomic E-state index is 12.1. The van der Waals surface area contributed by atoms with E-state index in [2.05, 4.69) is 17.2 Å². The van der Waals surface area contributed by atoms with Gasteiger partial charge in [0.05, 0.1) is 0 Å². The second-order valence-corrected chi connectivity index (χ2v) is 4.86. The monoisotopic (exact) mass is 289 g/mol. The van der Waals surface area contributed by atoms with Crippen LogP contribution in [0.5, 0.6) is 0 Å². The number of rotatable bonds is 7. The summed E-state index contributed by atoms with van der Waals surface area (Å²) in [6.45, 7) is 3.16. The van der Waals surface area contributed by atoms with Crippen LogP contribution in [0.15, 0.2) is 18.2 Å². The number of aryl methyl sites for hydroxylation is 1. The van der Waals surface area contributed by atoms with Gasteiger partial charge in [0, 0.05) is 31.4 Å². The lowest BCUT2D eigenvalue weighted by Gasteiger charge is -2.07. The highest BCUT2D eigenvalue weighted by molar-refractivity contribution is 5.94. The minimum atomic E-state index is -0.184. The molecule has 2 N–H and O–H groups in total. The highest BCUT2D eigenvalue weighted by Crippen LogP contribution is 2.09. The van der Waals surface area contributed by atoms with Gasteiger partial charge >= 0.3 is 0 Å². The van der Waals surface area contributed by atoms with Crippen molar-refractivity contribution in [3.63, 3.8) is 0 Å². The highest BCUT2D eigenvalue weighted by atomic mass is 16.5. The smallest absolute Gasteiger partial charge is 0.251 e. The number of ether oxygens (including phenoxy) is 1. The van der Waals surface area contributed by atoms with Crippen LogP contribution in [-0.2, 0) is 4.74 Å². The predicted molar refractivity (Wildman–Crippen MR) is 83.2 cm³/mol. The Morgan fingerprint density at radius 1 is 1.29 bits per heavy atom. The van der Waals surface area contributed by atoms with Gasteiger partial charge in [0.2, 0.25) is 0 Å². The lowest BCUT2D eigenvalue weighted by Crippen LogP contribution is -2.24. The zero-order valence-electron chi connectivity index (χ0n) is 12.7. The molecule has 1 aromatic rings. The van der Waals surface area contributed by atoms with Gasteiger partial charge in [0.15, 0.2) is 0 Å². The van der Waals surface area contributed by atoms with E-state index in [1.807, 2.05) is 19.1 Å². The van der Waals surface area contributed by atoms with Crippen molar-refractivity contribution >= 4 is 5.91 Å². The van der Waals surface area contributed by atoms with Crippen molar-refractivity contribution in [3.05, 3.63) is 34.9 Å². The Morgan fingerprint density at radius 2 is 2.10 bits per heavy atom. The van der Waals surface area contributed by atoms with E-state index in [-0.39, 0.29) is 12.5 Å². The molecule has 1 rings (SSSR count). The average Bonchev–Trinajstić information content (AvgIpc) is 2.48. The molecule has 0 spiro atoms. The Kier molecular flexibility index (Phi) is 8.18. The fourth-order valence-electron chi connectivity index (χ4n) is 1.98. The number of unbranched alkanes of at least 4 members (excludes halogenated alkanes) is 2. The number of carbonyl (C=O) groups is 1. The minimum absolute atomic E-state index is 0.0857. The molecule has 0 aliphatic carbocycles. The molecular formula is C17H23NO3. The summed E-state index contributed by atoms with van der Waals surface area (Å²) >= 11 is 0. The van der Waals surface area contributed by atoms with Crippen LogP contribution in [-0.4, -0.2) is 37.9 Å². The Morgan fingerprint density at radius 3 is 2.81 bits per heavy atom. The minimum Gasteiger partial charge on any atom is -0.385 e. The van der Waals surface area contributed by atoms with Crippen LogP contribution in [0.4, 0.5) is 0 Å². The number of benzene rings is 1. The summed E-state index contributed by atoms with van der Waals surface area (Å²) in [5, 5.41) is 11.6. The number of nitrogens with one attached hydrogen (secondary N) is 1. The molecule has 0 heterocycles. The summed E-state index contributed by atoms with van der Waals surface area (Å²) in [5.74, 6) is 5.33. The number of carbonyl (C=O) groups excluding carboxylic acids is 1. The molecule has 0 radical (unpaired) electrons. The third-order valence-electron chi connectivity index (χ3n) is 2.96. The van der Waals surface area contributed by atoms with E-state index >= 15 is 0 Å². The van der Waals surface area contributed by atoms with Crippen LogP contribution < -0.4 is 5.32 Å². The summed E-state index contributed by atoms with van der Waals surface area (Å²) in [5.41, 5.74) is 2.33. The van der Waals surface area contributed by atoms with Crippen LogP contribution >= 0.6 is 0 Å². The van der Waals surface area contributed by atoms with E-state index in [9.17, 15) is 4.79 Å². The molecular weight excluding hydrogens is 266 g/mol. The first kappa shape index (κ1) is 17.2. The van der Waals surface area contributed by atoms with Gasteiger partial charge in [-0.3, -0.25) is 4.79 Å². The molecule has 21 heavy (non-hydrogen) atoms. The van der Waals surface area contributed by atoms with Gasteiger partial charge in [-0.1, -0.05) is 11.8 Å². The number of aliphatic hydroxyl groups excluding tert-OH is 1. The molecule has 4 heteroatoms. The Balaban J connectivity index is 2.51. The normalized spacial score (nSPS) is 9.86. The van der Waals surface area contributed by atoms with Crippen LogP contribution in [0.3, 0.4) is 0 Å². The number of methoxy groups -OCH3 is 1. The Hall–Kier alpha value is -1.83. The van der Waals surface area contributed by atoms with Crippen molar-refractivity contribution < 1.29 is 14.6 Å². The van der Waals surface area contributed by atoms with E-state index < -0.39 is 0 Å². The van der Waals surface area contributed by atoms with Crippen molar-refractivity contribution in [2.24, 2.45) is 0 Å². The zero-order valence-corrected chi connectivity index (χ0v) is 12.7. The second kappa shape index (κ2) is 9.98. The molecule has 0 aliphatic heterocycles. The molecule has 0 saturated heterocycles. The largest absolute Gasteiger partial charge is 0.385 e. The van der Waals surface area contributed by atoms with Crippen molar-refractivity contribution in [1.29, 1.82) is 0 Å². The lowest BCUT2D eigenvalue weighted by atomic mass is 10.1. The maximum Gasteiger partial charge on any atom is 0.251 e. The molecule has 0 saturated carbocycles. The Labute approximate surface area is 126 Å². The van der Waals surface area contributed by atoms with Gasteiger partial charge in [-0.25, -0.2) is 0 Å². The van der Waals surface area contributed by atoms with Gasteiger partial charge < -0.3 is 15.2 Å². The predicted octanol–water partition coefficient (Wildman–Crippen LogP) is 1.89. The molecule has 0 atom stereocenters. The fourth-order valence-corrected chi connectivity index (χ4v) is 1.98. The van der Waals surface area contributed by atoms with Crippen LogP contribution in [0.1, 0.15) is 40.7 Å². The first-order valence-corrected chi connectivity index (χ1v) is 7.16. The molecule has 1 amide bonds. The van der Waals surface area contributed by atoms with E-state index in [0.717, 1.165) is 37.0 Å². The number of hydrogen-bond donors (Lipinski definition) is 2. The summed E-state index contributed by atoms with van der Waals surface area (Å²) in [4.78, 5) is 12.1. The van der Waals surface area contributed by atoms with Gasteiger partial charge in [0.1, 0.15) is 6.61 Å². The van der Waals surface area contributed by atoms with E-state index in [1.54, 1.807) is 13.2 Å². The number of aliphatic hydroxyl groups is 1. The number of hydrogen-bond acceptors (Lipinski definition) is 3. The van der Waals surface area contributed by atoms with Crippen LogP contribution in [0.2, 0.25) is 0 Å². The first-order chi connectivity index (χ1) is 10.2. The number of amides is 1. The molecule has 0 fully saturated rings. The van der Waals surface area contributed by atoms with Crippen molar-refractivity contribution in [3.8, 4) is 11.8 Å². The molecule has 114 valence electrons. The van der Waals surface area contributed by atoms with Crippen molar-refractivity contribution in [1.82, 2.24) is 5.32 Å². The average molecular weight is 289 g/mol. The van der Waals surface area contributed by atoms with E-state index in [1.165, 1.54) is 0 Å². The summed E-state index contributed by atoms with van der Waals surface area (Å²) < 4.78 is 4.98. The third-order valence-corrected chi connectivity index (χ3v) is 2.96. The SMILES string of the molecule is COCCCCCNC(=O)c1cc(C)cc(C#CCO)c1. The van der Waals surface area contributed by atoms with Gasteiger partial charge in [-0.15, -0.1) is 0 Å². The maximum absolute atomic E-state index is 12.1. The first-order valence-electron chi connectivity index (χ1n) is 7.16. The Bertz CT molecular complexity index is 515. The van der Waals surface area contributed by atoms with Gasteiger partial charge in [-0.2, -0.15) is 0 Å². The fraction of sp³-hybridized carbons (Fsp3) is 0.471. The molecule has 0 bridgehead atoms. The van der Waals surface area contributed by atoms with E-state index in [0.29, 0.717) is 12.1 Å². The standard InChI is InChI=1S/C17H23NO3/c1-14-11-15(7-6-9-19)13-16(12-14)17(20)18-8-4-3-5-10-21-2/h11-13,19H,3-5,8-10H2,1-2H3,(H,18,20). The second-order valence-electron chi connectivity index (χ2n) is 4.86. The summed E-state index contributed by atoms with van der Waals surface area (Å²) in [6.07, 6.45) is 2.99. The molecule has 1 aromatic carbocycles. The lowest BCUT2D eigenvalue weighted by molar-refractivity contribution is 0.0952. The quantitative estimate of drug-likeness (QED) is 0.595. The van der Waals surface area contributed by atoms with Crippen molar-refractivity contribution in [2.45, 2.75) is 26.2 Å². The zero-order chi connectivity index (χ0) is 15.5. The molecule has 0 aliphatic rings. The summed E-state index contributed by atoms with van der Waals surface area (Å²) in [6, 6.07) is 5.48. The third kappa shape index (κ3) is 6.94. The van der Waals surface area contributed by atoms with Crippen molar-refractivity contribution in [2.75, 3.05) is 26.9 Å². The van der Waals surface area contributed by atoms with Gasteiger partial charge in [-0.05, 0) is 49.9 Å². The molecule has 4 nitrogen and oxygen atoms in total. The summed E-state index contributed by atoms with van der Waals surface area (Å²) in [7, 11) is 1.69. The van der Waals surface area contributed by atoms with Crippen LogP contribution in [0.25, 0.3) is 0 Å². The van der Waals surface area contributed by atoms with Gasteiger partial charge in [0.25, 0.3) is 5.91 Å².